The Balaban J connectivity index is 1.78. The third-order valence-electron chi connectivity index (χ3n) is 5.55. The summed E-state index contributed by atoms with van der Waals surface area (Å²) in [4.78, 5) is 15.1. The normalized spacial score (nSPS) is 15.0. The van der Waals surface area contributed by atoms with Crippen LogP contribution < -0.4 is 5.32 Å². The molecule has 1 amide bonds. The van der Waals surface area contributed by atoms with Gasteiger partial charge in [-0.15, -0.1) is 0 Å². The summed E-state index contributed by atoms with van der Waals surface area (Å²) in [7, 11) is 0. The lowest BCUT2D eigenvalue weighted by Gasteiger charge is -2.26. The summed E-state index contributed by atoms with van der Waals surface area (Å²) < 4.78 is 35.3. The first-order valence-corrected chi connectivity index (χ1v) is 9.57. The SMILES string of the molecule is Cc1c(C)c(C(=O)NCCN2CCOCC2)n(Cc2c(F)cccc2F)c1C. The quantitative estimate of drug-likeness (QED) is 0.824. The van der Waals surface area contributed by atoms with E-state index in [-0.39, 0.29) is 18.0 Å². The Morgan fingerprint density at radius 2 is 1.75 bits per heavy atom. The number of rotatable bonds is 6. The van der Waals surface area contributed by atoms with E-state index in [1.54, 1.807) is 4.57 Å². The van der Waals surface area contributed by atoms with E-state index >= 15 is 0 Å². The number of ether oxygens (including phenoxy) is 1. The first-order valence-electron chi connectivity index (χ1n) is 9.57. The van der Waals surface area contributed by atoms with Crippen LogP contribution in [-0.2, 0) is 11.3 Å². The van der Waals surface area contributed by atoms with E-state index in [9.17, 15) is 13.6 Å². The maximum absolute atomic E-state index is 14.1. The molecule has 1 fully saturated rings. The summed E-state index contributed by atoms with van der Waals surface area (Å²) in [5.41, 5.74) is 3.04. The average molecular weight is 391 g/mol. The van der Waals surface area contributed by atoms with E-state index in [4.69, 9.17) is 4.74 Å². The molecule has 0 bridgehead atoms. The van der Waals surface area contributed by atoms with E-state index in [2.05, 4.69) is 10.2 Å². The van der Waals surface area contributed by atoms with Gasteiger partial charge in [-0.25, -0.2) is 8.78 Å². The number of halogens is 2. The molecule has 2 heterocycles. The van der Waals surface area contributed by atoms with E-state index in [1.165, 1.54) is 18.2 Å². The zero-order valence-corrected chi connectivity index (χ0v) is 16.6. The molecule has 28 heavy (non-hydrogen) atoms. The molecular formula is C21H27F2N3O2. The second-order valence-corrected chi connectivity index (χ2v) is 7.18. The summed E-state index contributed by atoms with van der Waals surface area (Å²) >= 11 is 0. The number of aromatic nitrogens is 1. The van der Waals surface area contributed by atoms with Crippen LogP contribution in [0.5, 0.6) is 0 Å². The van der Waals surface area contributed by atoms with Crippen molar-refractivity contribution < 1.29 is 18.3 Å². The van der Waals surface area contributed by atoms with Crippen molar-refractivity contribution in [3.05, 3.63) is 57.9 Å². The monoisotopic (exact) mass is 391 g/mol. The lowest BCUT2D eigenvalue weighted by atomic mass is 10.1. The largest absolute Gasteiger partial charge is 0.379 e. The molecule has 1 aliphatic heterocycles. The lowest BCUT2D eigenvalue weighted by molar-refractivity contribution is 0.0383. The number of carbonyl (C=O) groups is 1. The van der Waals surface area contributed by atoms with Gasteiger partial charge in [-0.1, -0.05) is 6.07 Å². The van der Waals surface area contributed by atoms with Crippen LogP contribution in [0.2, 0.25) is 0 Å². The highest BCUT2D eigenvalue weighted by Gasteiger charge is 2.22. The fourth-order valence-corrected chi connectivity index (χ4v) is 3.59. The van der Waals surface area contributed by atoms with Gasteiger partial charge in [0.1, 0.15) is 17.3 Å². The highest BCUT2D eigenvalue weighted by Crippen LogP contribution is 2.24. The summed E-state index contributed by atoms with van der Waals surface area (Å²) in [5, 5.41) is 2.95. The molecule has 0 spiro atoms. The molecule has 3 rings (SSSR count). The van der Waals surface area contributed by atoms with Gasteiger partial charge in [0.25, 0.3) is 5.91 Å². The highest BCUT2D eigenvalue weighted by atomic mass is 19.1. The molecule has 0 aliphatic carbocycles. The van der Waals surface area contributed by atoms with Crippen LogP contribution in [0.25, 0.3) is 0 Å². The minimum Gasteiger partial charge on any atom is -0.379 e. The molecule has 0 unspecified atom stereocenters. The van der Waals surface area contributed by atoms with Gasteiger partial charge in [-0.3, -0.25) is 9.69 Å². The van der Waals surface area contributed by atoms with Crippen LogP contribution in [0.15, 0.2) is 18.2 Å². The Morgan fingerprint density at radius 3 is 2.39 bits per heavy atom. The number of benzene rings is 1. The van der Waals surface area contributed by atoms with Crippen LogP contribution in [-0.4, -0.2) is 54.8 Å². The van der Waals surface area contributed by atoms with Crippen LogP contribution in [0.3, 0.4) is 0 Å². The van der Waals surface area contributed by atoms with Crippen molar-refractivity contribution in [2.45, 2.75) is 27.3 Å². The number of amides is 1. The zero-order valence-electron chi connectivity index (χ0n) is 16.6. The van der Waals surface area contributed by atoms with Gasteiger partial charge in [0.15, 0.2) is 0 Å². The average Bonchev–Trinajstić information content (AvgIpc) is 2.89. The number of nitrogens with one attached hydrogen (secondary N) is 1. The van der Waals surface area contributed by atoms with Crippen LogP contribution in [0.1, 0.15) is 32.9 Å². The molecule has 0 atom stereocenters. The van der Waals surface area contributed by atoms with Gasteiger partial charge in [0.05, 0.1) is 19.8 Å². The molecule has 1 aliphatic rings. The van der Waals surface area contributed by atoms with Crippen molar-refractivity contribution in [3.63, 3.8) is 0 Å². The summed E-state index contributed by atoms with van der Waals surface area (Å²) in [5.74, 6) is -1.44. The molecular weight excluding hydrogens is 364 g/mol. The molecule has 7 heteroatoms. The Labute approximate surface area is 164 Å². The van der Waals surface area contributed by atoms with E-state index in [0.29, 0.717) is 25.5 Å². The number of morpholine rings is 1. The second-order valence-electron chi connectivity index (χ2n) is 7.18. The molecule has 1 aromatic carbocycles. The lowest BCUT2D eigenvalue weighted by Crippen LogP contribution is -2.41. The molecule has 152 valence electrons. The van der Waals surface area contributed by atoms with Crippen molar-refractivity contribution in [2.24, 2.45) is 0 Å². The van der Waals surface area contributed by atoms with Gasteiger partial charge in [0.2, 0.25) is 0 Å². The summed E-state index contributed by atoms with van der Waals surface area (Å²) in [6.07, 6.45) is 0. The van der Waals surface area contributed by atoms with Crippen LogP contribution >= 0.6 is 0 Å². The standard InChI is InChI=1S/C21H27F2N3O2/c1-14-15(2)20(21(27)24-7-8-25-9-11-28-12-10-25)26(16(14)3)13-17-18(22)5-4-6-19(17)23/h4-6H,7-13H2,1-3H3,(H,24,27). The first-order chi connectivity index (χ1) is 13.4. The Bertz CT molecular complexity index is 838. The van der Waals surface area contributed by atoms with E-state index in [0.717, 1.165) is 36.5 Å². The van der Waals surface area contributed by atoms with Gasteiger partial charge in [-0.2, -0.15) is 0 Å². The van der Waals surface area contributed by atoms with E-state index in [1.807, 2.05) is 20.8 Å². The fourth-order valence-electron chi connectivity index (χ4n) is 3.59. The first kappa shape index (κ1) is 20.5. The van der Waals surface area contributed by atoms with E-state index < -0.39 is 11.6 Å². The predicted molar refractivity (Wildman–Crippen MR) is 104 cm³/mol. The fraction of sp³-hybridized carbons (Fsp3) is 0.476. The molecule has 1 N–H and O–H groups in total. The maximum Gasteiger partial charge on any atom is 0.268 e. The van der Waals surface area contributed by atoms with Gasteiger partial charge in [0, 0.05) is 37.4 Å². The van der Waals surface area contributed by atoms with Crippen molar-refractivity contribution >= 4 is 5.91 Å². The van der Waals surface area contributed by atoms with Crippen molar-refractivity contribution in [3.8, 4) is 0 Å². The third kappa shape index (κ3) is 4.25. The Morgan fingerprint density at radius 1 is 1.11 bits per heavy atom. The molecule has 0 radical (unpaired) electrons. The zero-order chi connectivity index (χ0) is 20.3. The smallest absolute Gasteiger partial charge is 0.268 e. The Kier molecular flexibility index (Phi) is 6.46. The number of hydrogen-bond donors (Lipinski definition) is 1. The molecule has 1 saturated heterocycles. The minimum atomic E-state index is -0.609. The van der Waals surface area contributed by atoms with Gasteiger partial charge < -0.3 is 14.6 Å². The Hall–Kier alpha value is -2.25. The third-order valence-corrected chi connectivity index (χ3v) is 5.55. The minimum absolute atomic E-state index is 0.0226. The van der Waals surface area contributed by atoms with Crippen LogP contribution in [0.4, 0.5) is 8.78 Å². The van der Waals surface area contributed by atoms with Crippen molar-refractivity contribution in [1.82, 2.24) is 14.8 Å². The van der Waals surface area contributed by atoms with Gasteiger partial charge in [-0.05, 0) is 44.0 Å². The maximum atomic E-state index is 14.1. The predicted octanol–water partition coefficient (Wildman–Crippen LogP) is 2.80. The van der Waals surface area contributed by atoms with Gasteiger partial charge >= 0.3 is 0 Å². The molecule has 5 nitrogen and oxygen atoms in total. The van der Waals surface area contributed by atoms with Crippen molar-refractivity contribution in [1.29, 1.82) is 0 Å². The highest BCUT2D eigenvalue weighted by molar-refractivity contribution is 5.95. The number of hydrogen-bond acceptors (Lipinski definition) is 3. The molecule has 2 aromatic rings. The topological polar surface area (TPSA) is 46.5 Å². The number of nitrogens with zero attached hydrogens (tertiary/aromatic N) is 2. The summed E-state index contributed by atoms with van der Waals surface area (Å²) in [6.45, 7) is 10.0. The number of carbonyl (C=O) groups excluding carboxylic acids is 1. The van der Waals surface area contributed by atoms with Crippen LogP contribution in [0, 0.1) is 32.4 Å². The second kappa shape index (κ2) is 8.84. The summed E-state index contributed by atoms with van der Waals surface area (Å²) in [6, 6.07) is 3.81. The molecule has 0 saturated carbocycles. The van der Waals surface area contributed by atoms with Crippen molar-refractivity contribution in [2.75, 3.05) is 39.4 Å². The molecule has 1 aromatic heterocycles.